The highest BCUT2D eigenvalue weighted by Gasteiger charge is 2.06. The first kappa shape index (κ1) is 10.8. The maximum absolute atomic E-state index is 5.98. The molecular formula is C14H14N4. The molecule has 0 spiro atoms. The minimum absolute atomic E-state index is 0.662. The van der Waals surface area contributed by atoms with Crippen molar-refractivity contribution in [1.82, 2.24) is 14.8 Å². The van der Waals surface area contributed by atoms with Gasteiger partial charge in [0.2, 0.25) is 0 Å². The van der Waals surface area contributed by atoms with Gasteiger partial charge >= 0.3 is 0 Å². The van der Waals surface area contributed by atoms with Crippen LogP contribution in [0.5, 0.6) is 0 Å². The van der Waals surface area contributed by atoms with Gasteiger partial charge in [0.1, 0.15) is 5.82 Å². The summed E-state index contributed by atoms with van der Waals surface area (Å²) in [6, 6.07) is 11.9. The highest BCUT2D eigenvalue weighted by Crippen LogP contribution is 2.19. The van der Waals surface area contributed by atoms with Crippen LogP contribution < -0.4 is 5.73 Å². The molecule has 0 aliphatic heterocycles. The SMILES string of the molecule is CCc1cc(N)n(-c2ccc3ncccc3c2)n1. The third-order valence-corrected chi connectivity index (χ3v) is 2.98. The van der Waals surface area contributed by atoms with Gasteiger partial charge < -0.3 is 5.73 Å². The molecule has 4 heteroatoms. The molecule has 4 nitrogen and oxygen atoms in total. The molecule has 0 amide bonds. The van der Waals surface area contributed by atoms with Gasteiger partial charge in [0, 0.05) is 17.6 Å². The Morgan fingerprint density at radius 1 is 1.22 bits per heavy atom. The summed E-state index contributed by atoms with van der Waals surface area (Å²) in [5, 5.41) is 5.56. The van der Waals surface area contributed by atoms with Crippen LogP contribution in [0.4, 0.5) is 5.82 Å². The number of hydrogen-bond acceptors (Lipinski definition) is 3. The molecule has 0 saturated heterocycles. The predicted molar refractivity (Wildman–Crippen MR) is 72.7 cm³/mol. The van der Waals surface area contributed by atoms with Gasteiger partial charge in [0.25, 0.3) is 0 Å². The van der Waals surface area contributed by atoms with E-state index in [0.29, 0.717) is 5.82 Å². The maximum atomic E-state index is 5.98. The van der Waals surface area contributed by atoms with Crippen molar-refractivity contribution in [2.75, 3.05) is 5.73 Å². The molecule has 1 aromatic carbocycles. The minimum atomic E-state index is 0.662. The normalized spacial score (nSPS) is 10.9. The Morgan fingerprint density at radius 2 is 2.11 bits per heavy atom. The number of aromatic nitrogens is 3. The molecule has 0 aliphatic rings. The number of hydrogen-bond donors (Lipinski definition) is 1. The zero-order valence-corrected chi connectivity index (χ0v) is 10.2. The predicted octanol–water partition coefficient (Wildman–Crippen LogP) is 2.57. The van der Waals surface area contributed by atoms with E-state index < -0.39 is 0 Å². The highest BCUT2D eigenvalue weighted by molar-refractivity contribution is 5.80. The van der Waals surface area contributed by atoms with E-state index in [1.165, 1.54) is 0 Å². The molecule has 18 heavy (non-hydrogen) atoms. The van der Waals surface area contributed by atoms with Crippen LogP contribution in [0.25, 0.3) is 16.6 Å². The molecule has 3 aromatic rings. The van der Waals surface area contributed by atoms with Crippen LogP contribution in [0.2, 0.25) is 0 Å². The molecule has 0 aliphatic carbocycles. The maximum Gasteiger partial charge on any atom is 0.127 e. The fourth-order valence-electron chi connectivity index (χ4n) is 2.02. The highest BCUT2D eigenvalue weighted by atomic mass is 15.3. The van der Waals surface area contributed by atoms with Crippen LogP contribution in [-0.4, -0.2) is 14.8 Å². The number of nitrogen functional groups attached to an aromatic ring is 1. The number of aryl methyl sites for hydroxylation is 1. The molecule has 2 heterocycles. The van der Waals surface area contributed by atoms with Crippen LogP contribution in [0.1, 0.15) is 12.6 Å². The topological polar surface area (TPSA) is 56.7 Å². The molecule has 0 radical (unpaired) electrons. The molecule has 90 valence electrons. The quantitative estimate of drug-likeness (QED) is 0.746. The standard InChI is InChI=1S/C14H14N4/c1-2-11-9-14(15)18(17-11)12-5-6-13-10(8-12)4-3-7-16-13/h3-9H,2,15H2,1H3. The van der Waals surface area contributed by atoms with Crippen molar-refractivity contribution < 1.29 is 0 Å². The van der Waals surface area contributed by atoms with E-state index in [2.05, 4.69) is 17.0 Å². The first-order valence-corrected chi connectivity index (χ1v) is 5.97. The van der Waals surface area contributed by atoms with E-state index in [1.807, 2.05) is 36.4 Å². The molecule has 0 saturated carbocycles. The van der Waals surface area contributed by atoms with Crippen molar-refractivity contribution in [3.63, 3.8) is 0 Å². The molecular weight excluding hydrogens is 224 g/mol. The third-order valence-electron chi connectivity index (χ3n) is 2.98. The smallest absolute Gasteiger partial charge is 0.127 e. The van der Waals surface area contributed by atoms with Crippen molar-refractivity contribution in [1.29, 1.82) is 0 Å². The Kier molecular flexibility index (Phi) is 2.48. The monoisotopic (exact) mass is 238 g/mol. The summed E-state index contributed by atoms with van der Waals surface area (Å²) in [4.78, 5) is 4.30. The Morgan fingerprint density at radius 3 is 2.89 bits per heavy atom. The van der Waals surface area contributed by atoms with E-state index in [9.17, 15) is 0 Å². The second-order valence-electron chi connectivity index (χ2n) is 4.21. The molecule has 3 rings (SSSR count). The fraction of sp³-hybridized carbons (Fsp3) is 0.143. The van der Waals surface area contributed by atoms with Gasteiger partial charge in [-0.3, -0.25) is 4.98 Å². The lowest BCUT2D eigenvalue weighted by molar-refractivity contribution is 0.850. The van der Waals surface area contributed by atoms with Crippen molar-refractivity contribution in [2.24, 2.45) is 0 Å². The summed E-state index contributed by atoms with van der Waals surface area (Å²) < 4.78 is 1.77. The average Bonchev–Trinajstić information content (AvgIpc) is 2.79. The van der Waals surface area contributed by atoms with Crippen molar-refractivity contribution in [3.05, 3.63) is 48.3 Å². The third kappa shape index (κ3) is 1.72. The van der Waals surface area contributed by atoms with Crippen molar-refractivity contribution in [2.45, 2.75) is 13.3 Å². The number of anilines is 1. The average molecular weight is 238 g/mol. The summed E-state index contributed by atoms with van der Waals surface area (Å²) in [6.45, 7) is 2.07. The van der Waals surface area contributed by atoms with E-state index in [1.54, 1.807) is 10.9 Å². The van der Waals surface area contributed by atoms with Crippen LogP contribution in [0, 0.1) is 0 Å². The van der Waals surface area contributed by atoms with E-state index in [4.69, 9.17) is 5.73 Å². The van der Waals surface area contributed by atoms with Gasteiger partial charge in [-0.2, -0.15) is 5.10 Å². The Bertz CT molecular complexity index is 700. The summed E-state index contributed by atoms with van der Waals surface area (Å²) in [5.74, 6) is 0.662. The molecule has 0 atom stereocenters. The lowest BCUT2D eigenvalue weighted by Crippen LogP contribution is -2.01. The largest absolute Gasteiger partial charge is 0.384 e. The zero-order valence-electron chi connectivity index (χ0n) is 10.2. The molecule has 0 unspecified atom stereocenters. The summed E-state index contributed by atoms with van der Waals surface area (Å²) in [5.41, 5.74) is 8.92. The zero-order chi connectivity index (χ0) is 12.5. The Balaban J connectivity index is 2.15. The second-order valence-corrected chi connectivity index (χ2v) is 4.21. The summed E-state index contributed by atoms with van der Waals surface area (Å²) in [6.07, 6.45) is 2.67. The lowest BCUT2D eigenvalue weighted by Gasteiger charge is -2.05. The Labute approximate surface area is 105 Å². The van der Waals surface area contributed by atoms with Gasteiger partial charge in [0.05, 0.1) is 16.9 Å². The number of pyridine rings is 1. The van der Waals surface area contributed by atoms with Gasteiger partial charge in [-0.05, 0) is 30.7 Å². The molecule has 2 N–H and O–H groups in total. The molecule has 2 aromatic heterocycles. The van der Waals surface area contributed by atoms with Crippen LogP contribution in [0.15, 0.2) is 42.6 Å². The lowest BCUT2D eigenvalue weighted by atomic mass is 10.2. The van der Waals surface area contributed by atoms with E-state index in [0.717, 1.165) is 28.7 Å². The summed E-state index contributed by atoms with van der Waals surface area (Å²) >= 11 is 0. The Hall–Kier alpha value is -2.36. The molecule has 0 bridgehead atoms. The number of benzene rings is 1. The molecule has 0 fully saturated rings. The van der Waals surface area contributed by atoms with Gasteiger partial charge in [0.15, 0.2) is 0 Å². The summed E-state index contributed by atoms with van der Waals surface area (Å²) in [7, 11) is 0. The van der Waals surface area contributed by atoms with Gasteiger partial charge in [-0.1, -0.05) is 13.0 Å². The number of fused-ring (bicyclic) bond motifs is 1. The number of nitrogens with zero attached hydrogens (tertiary/aromatic N) is 3. The second kappa shape index (κ2) is 4.14. The first-order chi connectivity index (χ1) is 8.78. The van der Waals surface area contributed by atoms with Gasteiger partial charge in [-0.15, -0.1) is 0 Å². The van der Waals surface area contributed by atoms with Crippen molar-refractivity contribution >= 4 is 16.7 Å². The van der Waals surface area contributed by atoms with Crippen LogP contribution >= 0.6 is 0 Å². The van der Waals surface area contributed by atoms with Gasteiger partial charge in [-0.25, -0.2) is 4.68 Å². The van der Waals surface area contributed by atoms with E-state index >= 15 is 0 Å². The van der Waals surface area contributed by atoms with Crippen LogP contribution in [0.3, 0.4) is 0 Å². The van der Waals surface area contributed by atoms with E-state index in [-0.39, 0.29) is 0 Å². The van der Waals surface area contributed by atoms with Crippen molar-refractivity contribution in [3.8, 4) is 5.69 Å². The first-order valence-electron chi connectivity index (χ1n) is 5.97. The number of rotatable bonds is 2. The van der Waals surface area contributed by atoms with Crippen LogP contribution in [-0.2, 0) is 6.42 Å². The fourth-order valence-corrected chi connectivity index (χ4v) is 2.02. The number of nitrogens with two attached hydrogens (primary N) is 1. The minimum Gasteiger partial charge on any atom is -0.384 e.